The quantitative estimate of drug-likeness (QED) is 0.116. The summed E-state index contributed by atoms with van der Waals surface area (Å²) in [6.07, 6.45) is 1.52. The van der Waals surface area contributed by atoms with Crippen molar-refractivity contribution in [2.45, 2.75) is 27.4 Å². The van der Waals surface area contributed by atoms with Crippen LogP contribution in [0.15, 0.2) is 95.4 Å². The molecule has 1 heterocycles. The van der Waals surface area contributed by atoms with E-state index < -0.39 is 0 Å². The summed E-state index contributed by atoms with van der Waals surface area (Å²) in [5.74, 6) is 0.630. The number of benzene rings is 4. The largest absolute Gasteiger partial charge is 0.490 e. The highest BCUT2D eigenvalue weighted by atomic mass is 35.5. The molecule has 0 saturated heterocycles. The van der Waals surface area contributed by atoms with Gasteiger partial charge in [0, 0.05) is 22.2 Å². The van der Waals surface area contributed by atoms with Crippen LogP contribution in [0.5, 0.6) is 11.5 Å². The fourth-order valence-corrected chi connectivity index (χ4v) is 5.17. The van der Waals surface area contributed by atoms with Crippen molar-refractivity contribution in [2.24, 2.45) is 5.10 Å². The minimum atomic E-state index is -0.336. The zero-order valence-electron chi connectivity index (χ0n) is 24.1. The fraction of sp³-hybridized carbons (Fsp3) is 0.147. The Morgan fingerprint density at radius 3 is 2.35 bits per heavy atom. The van der Waals surface area contributed by atoms with E-state index in [2.05, 4.69) is 39.9 Å². The summed E-state index contributed by atoms with van der Waals surface area (Å²) >= 11 is 8.07. The number of hydrogen-bond donors (Lipinski definition) is 2. The van der Waals surface area contributed by atoms with Gasteiger partial charge in [0.05, 0.1) is 23.5 Å². The summed E-state index contributed by atoms with van der Waals surface area (Å²) in [6.45, 7) is 6.78. The standard InChI is InChI=1S/C34H31ClN4O3S/c1-4-41-31-18-25(17-29(35)32(31)42-20-24-9-5-22(2)6-10-24)19-36-39-33(40)27-13-11-26(12-14-27)30-21-43-34(38-30)37-28-15-7-23(3)8-16-28/h5-19,21H,4,20H2,1-3H3,(H,37,38)(H,39,40)/b36-19-. The van der Waals surface area contributed by atoms with Gasteiger partial charge in [-0.3, -0.25) is 4.79 Å². The molecule has 43 heavy (non-hydrogen) atoms. The topological polar surface area (TPSA) is 84.8 Å². The highest BCUT2D eigenvalue weighted by molar-refractivity contribution is 7.14. The number of hydrogen-bond acceptors (Lipinski definition) is 7. The molecule has 5 rings (SSSR count). The fourth-order valence-electron chi connectivity index (χ4n) is 4.15. The maximum atomic E-state index is 12.7. The summed E-state index contributed by atoms with van der Waals surface area (Å²) in [4.78, 5) is 17.4. The van der Waals surface area contributed by atoms with Crippen molar-refractivity contribution in [3.05, 3.63) is 123 Å². The summed E-state index contributed by atoms with van der Waals surface area (Å²) in [7, 11) is 0. The lowest BCUT2D eigenvalue weighted by molar-refractivity contribution is 0.0955. The van der Waals surface area contributed by atoms with Crippen molar-refractivity contribution in [2.75, 3.05) is 11.9 Å². The van der Waals surface area contributed by atoms with Crippen molar-refractivity contribution in [1.82, 2.24) is 10.4 Å². The highest BCUT2D eigenvalue weighted by Gasteiger charge is 2.13. The van der Waals surface area contributed by atoms with E-state index in [4.69, 9.17) is 21.1 Å². The number of ether oxygens (including phenoxy) is 2. The van der Waals surface area contributed by atoms with Crippen LogP contribution in [0, 0.1) is 13.8 Å². The summed E-state index contributed by atoms with van der Waals surface area (Å²) in [6, 6.07) is 27.0. The number of nitrogens with one attached hydrogen (secondary N) is 2. The number of amides is 1. The molecule has 5 aromatic rings. The molecule has 9 heteroatoms. The number of aromatic nitrogens is 1. The first-order chi connectivity index (χ1) is 20.9. The predicted octanol–water partition coefficient (Wildman–Crippen LogP) is 8.57. The number of hydrazone groups is 1. The van der Waals surface area contributed by atoms with E-state index in [-0.39, 0.29) is 5.91 Å². The SMILES string of the molecule is CCOc1cc(/C=N\NC(=O)c2ccc(-c3csc(Nc4ccc(C)cc4)n3)cc2)cc(Cl)c1OCc1ccc(C)cc1. The molecule has 0 bridgehead atoms. The average Bonchev–Trinajstić information content (AvgIpc) is 3.47. The van der Waals surface area contributed by atoms with Crippen LogP contribution in [-0.2, 0) is 6.61 Å². The van der Waals surface area contributed by atoms with Crippen LogP contribution in [0.4, 0.5) is 10.8 Å². The molecule has 1 aromatic heterocycles. The number of rotatable bonds is 11. The van der Waals surface area contributed by atoms with Gasteiger partial charge in [-0.25, -0.2) is 10.4 Å². The van der Waals surface area contributed by atoms with Gasteiger partial charge in [-0.15, -0.1) is 11.3 Å². The Balaban J connectivity index is 1.19. The Bertz CT molecular complexity index is 1720. The van der Waals surface area contributed by atoms with Gasteiger partial charge in [0.1, 0.15) is 6.61 Å². The maximum absolute atomic E-state index is 12.7. The van der Waals surface area contributed by atoms with E-state index in [1.165, 1.54) is 28.7 Å². The van der Waals surface area contributed by atoms with Crippen molar-refractivity contribution in [3.8, 4) is 22.8 Å². The zero-order chi connectivity index (χ0) is 30.2. The van der Waals surface area contributed by atoms with Crippen LogP contribution in [0.1, 0.15) is 39.5 Å². The molecule has 4 aromatic carbocycles. The van der Waals surface area contributed by atoms with Gasteiger partial charge < -0.3 is 14.8 Å². The predicted molar refractivity (Wildman–Crippen MR) is 175 cm³/mol. The zero-order valence-corrected chi connectivity index (χ0v) is 25.6. The number of carbonyl (C=O) groups is 1. The molecule has 0 aliphatic rings. The van der Waals surface area contributed by atoms with E-state index in [0.29, 0.717) is 40.9 Å². The summed E-state index contributed by atoms with van der Waals surface area (Å²) in [5, 5.41) is 10.6. The van der Waals surface area contributed by atoms with Crippen LogP contribution < -0.4 is 20.2 Å². The smallest absolute Gasteiger partial charge is 0.271 e. The molecule has 0 spiro atoms. The highest BCUT2D eigenvalue weighted by Crippen LogP contribution is 2.37. The molecule has 0 saturated carbocycles. The molecule has 1 amide bonds. The Hall–Kier alpha value is -4.66. The van der Waals surface area contributed by atoms with E-state index in [9.17, 15) is 4.79 Å². The Kier molecular flexibility index (Phi) is 9.71. The molecular weight excluding hydrogens is 580 g/mol. The maximum Gasteiger partial charge on any atom is 0.271 e. The van der Waals surface area contributed by atoms with E-state index in [0.717, 1.165) is 27.6 Å². The Morgan fingerprint density at radius 2 is 1.65 bits per heavy atom. The van der Waals surface area contributed by atoms with Gasteiger partial charge in [0.25, 0.3) is 5.91 Å². The minimum absolute atomic E-state index is 0.336. The number of aryl methyl sites for hydroxylation is 2. The number of thiazole rings is 1. The monoisotopic (exact) mass is 610 g/mol. The van der Waals surface area contributed by atoms with Gasteiger partial charge in [-0.05, 0) is 68.3 Å². The Labute approximate surface area is 260 Å². The van der Waals surface area contributed by atoms with Crippen molar-refractivity contribution < 1.29 is 14.3 Å². The molecule has 7 nitrogen and oxygen atoms in total. The molecule has 2 N–H and O–H groups in total. The molecule has 218 valence electrons. The lowest BCUT2D eigenvalue weighted by Gasteiger charge is -2.14. The van der Waals surface area contributed by atoms with Crippen LogP contribution in [0.25, 0.3) is 11.3 Å². The number of anilines is 2. The van der Waals surface area contributed by atoms with Crippen molar-refractivity contribution in [1.29, 1.82) is 0 Å². The van der Waals surface area contributed by atoms with E-state index in [1.807, 2.05) is 67.8 Å². The third-order valence-electron chi connectivity index (χ3n) is 6.47. The lowest BCUT2D eigenvalue weighted by Crippen LogP contribution is -2.17. The second kappa shape index (κ2) is 14.0. The number of nitrogens with zero attached hydrogens (tertiary/aromatic N) is 2. The minimum Gasteiger partial charge on any atom is -0.490 e. The van der Waals surface area contributed by atoms with Gasteiger partial charge in [-0.1, -0.05) is 71.3 Å². The first-order valence-electron chi connectivity index (χ1n) is 13.8. The van der Waals surface area contributed by atoms with Crippen LogP contribution >= 0.6 is 22.9 Å². The molecule has 0 aliphatic heterocycles. The van der Waals surface area contributed by atoms with Crippen LogP contribution in [0.2, 0.25) is 5.02 Å². The lowest BCUT2D eigenvalue weighted by atomic mass is 10.1. The summed E-state index contributed by atoms with van der Waals surface area (Å²) < 4.78 is 11.8. The van der Waals surface area contributed by atoms with Crippen molar-refractivity contribution in [3.63, 3.8) is 0 Å². The van der Waals surface area contributed by atoms with Crippen molar-refractivity contribution >= 4 is 45.9 Å². The third-order valence-corrected chi connectivity index (χ3v) is 7.50. The van der Waals surface area contributed by atoms with Crippen LogP contribution in [-0.4, -0.2) is 23.7 Å². The normalized spacial score (nSPS) is 11.0. The van der Waals surface area contributed by atoms with Gasteiger partial charge >= 0.3 is 0 Å². The molecule has 0 fully saturated rings. The molecule has 0 atom stereocenters. The second-order valence-electron chi connectivity index (χ2n) is 9.84. The van der Waals surface area contributed by atoms with Gasteiger partial charge in [-0.2, -0.15) is 5.10 Å². The van der Waals surface area contributed by atoms with E-state index in [1.54, 1.807) is 24.3 Å². The molecule has 0 unspecified atom stereocenters. The number of halogens is 1. The Morgan fingerprint density at radius 1 is 0.953 bits per heavy atom. The van der Waals surface area contributed by atoms with Gasteiger partial charge in [0.2, 0.25) is 0 Å². The third kappa shape index (κ3) is 8.00. The van der Waals surface area contributed by atoms with Gasteiger partial charge in [0.15, 0.2) is 16.6 Å². The molecule has 0 aliphatic carbocycles. The number of carbonyl (C=O) groups excluding carboxylic acids is 1. The average molecular weight is 611 g/mol. The molecule has 0 radical (unpaired) electrons. The van der Waals surface area contributed by atoms with Crippen LogP contribution in [0.3, 0.4) is 0 Å². The molecular formula is C34H31ClN4O3S. The van der Waals surface area contributed by atoms with E-state index >= 15 is 0 Å². The first-order valence-corrected chi connectivity index (χ1v) is 15.0. The second-order valence-corrected chi connectivity index (χ2v) is 11.1. The first kappa shape index (κ1) is 29.8. The summed E-state index contributed by atoms with van der Waals surface area (Å²) in [5.41, 5.74) is 9.84.